The van der Waals surface area contributed by atoms with Crippen LogP contribution in [0.3, 0.4) is 0 Å². The minimum absolute atomic E-state index is 0.000233. The number of nitrogens with one attached hydrogen (secondary N) is 2. The molecule has 0 bridgehead atoms. The first-order valence-corrected chi connectivity index (χ1v) is 8.93. The van der Waals surface area contributed by atoms with Crippen LogP contribution in [0.4, 0.5) is 4.39 Å². The summed E-state index contributed by atoms with van der Waals surface area (Å²) < 4.78 is 36.2. The normalized spacial score (nSPS) is 20.4. The van der Waals surface area contributed by atoms with E-state index in [9.17, 15) is 17.6 Å². The second-order valence-corrected chi connectivity index (χ2v) is 7.99. The molecule has 118 valence electrons. The van der Waals surface area contributed by atoms with Crippen LogP contribution in [-0.4, -0.2) is 36.9 Å². The van der Waals surface area contributed by atoms with E-state index in [1.54, 1.807) is 6.07 Å². The van der Waals surface area contributed by atoms with Gasteiger partial charge in [-0.05, 0) is 37.1 Å². The number of rotatable bonds is 3. The third-order valence-corrected chi connectivity index (χ3v) is 5.78. The molecule has 5 nitrogen and oxygen atoms in total. The SMILES string of the molecule is Cc1[nH]c2ccc(F)cc2c1CC(=O)NC1CCS(=O)(=O)C1. The first kappa shape index (κ1) is 15.0. The molecule has 1 aromatic carbocycles. The summed E-state index contributed by atoms with van der Waals surface area (Å²) in [6.45, 7) is 1.83. The minimum Gasteiger partial charge on any atom is -0.358 e. The molecule has 3 rings (SSSR count). The Bertz CT molecular complexity index is 842. The van der Waals surface area contributed by atoms with Gasteiger partial charge in [0, 0.05) is 22.6 Å². The lowest BCUT2D eigenvalue weighted by molar-refractivity contribution is -0.120. The van der Waals surface area contributed by atoms with Crippen LogP contribution < -0.4 is 5.32 Å². The molecule has 1 aliphatic heterocycles. The van der Waals surface area contributed by atoms with Crippen molar-refractivity contribution >= 4 is 26.6 Å². The summed E-state index contributed by atoms with van der Waals surface area (Å²) in [5.41, 5.74) is 2.34. The first-order chi connectivity index (χ1) is 10.3. The standard InChI is InChI=1S/C15H17FN2O3S/c1-9-12(13-6-10(16)2-3-14(13)17-9)7-15(19)18-11-4-5-22(20,21)8-11/h2-3,6,11,17H,4-5,7-8H2,1H3,(H,18,19). The van der Waals surface area contributed by atoms with E-state index in [0.717, 1.165) is 16.8 Å². The molecule has 1 aromatic heterocycles. The van der Waals surface area contributed by atoms with Crippen molar-refractivity contribution in [1.82, 2.24) is 10.3 Å². The van der Waals surface area contributed by atoms with Crippen molar-refractivity contribution in [3.63, 3.8) is 0 Å². The van der Waals surface area contributed by atoms with Gasteiger partial charge < -0.3 is 10.3 Å². The number of halogens is 1. The number of sulfone groups is 1. The molecule has 2 heterocycles. The quantitative estimate of drug-likeness (QED) is 0.897. The van der Waals surface area contributed by atoms with E-state index in [1.807, 2.05) is 6.92 Å². The summed E-state index contributed by atoms with van der Waals surface area (Å²) in [5, 5.41) is 3.44. The summed E-state index contributed by atoms with van der Waals surface area (Å²) in [4.78, 5) is 15.3. The van der Waals surface area contributed by atoms with Crippen LogP contribution in [0.2, 0.25) is 0 Å². The van der Waals surface area contributed by atoms with Gasteiger partial charge in [0.1, 0.15) is 5.82 Å². The summed E-state index contributed by atoms with van der Waals surface area (Å²) in [5.74, 6) is -0.472. The Morgan fingerprint density at radius 3 is 2.91 bits per heavy atom. The van der Waals surface area contributed by atoms with Gasteiger partial charge in [0.15, 0.2) is 9.84 Å². The lowest BCUT2D eigenvalue weighted by Crippen LogP contribution is -2.36. The van der Waals surface area contributed by atoms with Gasteiger partial charge in [-0.2, -0.15) is 0 Å². The fraction of sp³-hybridized carbons (Fsp3) is 0.400. The maximum atomic E-state index is 13.4. The molecule has 22 heavy (non-hydrogen) atoms. The molecular weight excluding hydrogens is 307 g/mol. The number of aryl methyl sites for hydroxylation is 1. The molecule has 7 heteroatoms. The van der Waals surface area contributed by atoms with Crippen LogP contribution in [-0.2, 0) is 21.1 Å². The van der Waals surface area contributed by atoms with Gasteiger partial charge in [-0.1, -0.05) is 0 Å². The van der Waals surface area contributed by atoms with Gasteiger partial charge in [0.05, 0.1) is 17.9 Å². The molecule has 0 spiro atoms. The van der Waals surface area contributed by atoms with E-state index in [0.29, 0.717) is 11.8 Å². The number of fused-ring (bicyclic) bond motifs is 1. The van der Waals surface area contributed by atoms with Crippen molar-refractivity contribution < 1.29 is 17.6 Å². The predicted octanol–water partition coefficient (Wildman–Crippen LogP) is 1.46. The van der Waals surface area contributed by atoms with Crippen molar-refractivity contribution in [1.29, 1.82) is 0 Å². The Morgan fingerprint density at radius 2 is 2.23 bits per heavy atom. The molecule has 0 aliphatic carbocycles. The number of H-pyrrole nitrogens is 1. The van der Waals surface area contributed by atoms with Gasteiger partial charge in [-0.15, -0.1) is 0 Å². The molecule has 0 saturated carbocycles. The topological polar surface area (TPSA) is 79.0 Å². The minimum atomic E-state index is -3.02. The third-order valence-electron chi connectivity index (χ3n) is 4.02. The first-order valence-electron chi connectivity index (χ1n) is 7.10. The number of hydrogen-bond donors (Lipinski definition) is 2. The van der Waals surface area contributed by atoms with Crippen LogP contribution in [0, 0.1) is 12.7 Å². The number of carbonyl (C=O) groups is 1. The Balaban J connectivity index is 1.77. The zero-order valence-corrected chi connectivity index (χ0v) is 13.0. The second-order valence-electron chi connectivity index (χ2n) is 5.76. The van der Waals surface area contributed by atoms with Crippen molar-refractivity contribution in [3.05, 3.63) is 35.3 Å². The van der Waals surface area contributed by atoms with Gasteiger partial charge >= 0.3 is 0 Å². The zero-order valence-electron chi connectivity index (χ0n) is 12.1. The Morgan fingerprint density at radius 1 is 1.45 bits per heavy atom. The lowest BCUT2D eigenvalue weighted by atomic mass is 10.1. The molecule has 2 N–H and O–H groups in total. The Kier molecular flexibility index (Phi) is 3.68. The van der Waals surface area contributed by atoms with Gasteiger partial charge in [0.2, 0.25) is 5.91 Å². The van der Waals surface area contributed by atoms with E-state index in [-0.39, 0.29) is 35.7 Å². The molecule has 0 radical (unpaired) electrons. The van der Waals surface area contributed by atoms with E-state index in [4.69, 9.17) is 0 Å². The fourth-order valence-corrected chi connectivity index (χ4v) is 4.60. The average molecular weight is 324 g/mol. The van der Waals surface area contributed by atoms with Crippen LogP contribution >= 0.6 is 0 Å². The van der Waals surface area contributed by atoms with Gasteiger partial charge in [0.25, 0.3) is 0 Å². The molecule has 1 fully saturated rings. The van der Waals surface area contributed by atoms with Crippen LogP contribution in [0.1, 0.15) is 17.7 Å². The fourth-order valence-electron chi connectivity index (χ4n) is 2.93. The molecular formula is C15H17FN2O3S. The maximum Gasteiger partial charge on any atom is 0.224 e. The highest BCUT2D eigenvalue weighted by molar-refractivity contribution is 7.91. The summed E-state index contributed by atoms with van der Waals surface area (Å²) >= 11 is 0. The monoisotopic (exact) mass is 324 g/mol. The molecule has 1 unspecified atom stereocenters. The smallest absolute Gasteiger partial charge is 0.224 e. The Labute approximate surface area is 127 Å². The molecule has 1 amide bonds. The number of aromatic amines is 1. The third kappa shape index (κ3) is 2.99. The maximum absolute atomic E-state index is 13.4. The highest BCUT2D eigenvalue weighted by Crippen LogP contribution is 2.23. The Hall–Kier alpha value is -1.89. The van der Waals surface area contributed by atoms with Crippen LogP contribution in [0.5, 0.6) is 0 Å². The average Bonchev–Trinajstić information content (AvgIpc) is 2.91. The van der Waals surface area contributed by atoms with Crippen LogP contribution in [0.15, 0.2) is 18.2 Å². The summed E-state index contributed by atoms with van der Waals surface area (Å²) in [6, 6.07) is 4.09. The summed E-state index contributed by atoms with van der Waals surface area (Å²) in [6.07, 6.45) is 0.557. The van der Waals surface area contributed by atoms with Gasteiger partial charge in [-0.25, -0.2) is 12.8 Å². The number of amides is 1. The largest absolute Gasteiger partial charge is 0.358 e. The molecule has 1 atom stereocenters. The second kappa shape index (κ2) is 5.39. The summed E-state index contributed by atoms with van der Waals surface area (Å²) in [7, 11) is -3.02. The van der Waals surface area contributed by atoms with Crippen molar-refractivity contribution in [2.75, 3.05) is 11.5 Å². The van der Waals surface area contributed by atoms with Crippen molar-refractivity contribution in [2.45, 2.75) is 25.8 Å². The van der Waals surface area contributed by atoms with Crippen LogP contribution in [0.25, 0.3) is 10.9 Å². The van der Waals surface area contributed by atoms with E-state index in [1.165, 1.54) is 12.1 Å². The van der Waals surface area contributed by atoms with E-state index < -0.39 is 9.84 Å². The molecule has 1 saturated heterocycles. The van der Waals surface area contributed by atoms with Crippen molar-refractivity contribution in [3.8, 4) is 0 Å². The van der Waals surface area contributed by atoms with Crippen molar-refractivity contribution in [2.24, 2.45) is 0 Å². The molecule has 1 aliphatic rings. The number of carbonyl (C=O) groups excluding carboxylic acids is 1. The number of benzene rings is 1. The number of hydrogen-bond acceptors (Lipinski definition) is 3. The van der Waals surface area contributed by atoms with E-state index >= 15 is 0 Å². The van der Waals surface area contributed by atoms with E-state index in [2.05, 4.69) is 10.3 Å². The lowest BCUT2D eigenvalue weighted by Gasteiger charge is -2.10. The highest BCUT2D eigenvalue weighted by atomic mass is 32.2. The predicted molar refractivity (Wildman–Crippen MR) is 81.9 cm³/mol. The van der Waals surface area contributed by atoms with Gasteiger partial charge in [-0.3, -0.25) is 4.79 Å². The zero-order chi connectivity index (χ0) is 15.9. The highest BCUT2D eigenvalue weighted by Gasteiger charge is 2.29. The number of aromatic nitrogens is 1. The molecule has 2 aromatic rings.